The van der Waals surface area contributed by atoms with E-state index in [1.54, 1.807) is 13.8 Å². The van der Waals surface area contributed by atoms with Crippen molar-refractivity contribution in [1.29, 1.82) is 0 Å². The number of halogens is 12. The number of rotatable bonds is 22. The highest BCUT2D eigenvalue weighted by atomic mass is 19.4. The first kappa shape index (κ1) is 47.5. The molecule has 0 aliphatic heterocycles. The summed E-state index contributed by atoms with van der Waals surface area (Å²) in [4.78, 5) is 0. The average Bonchev–Trinajstić information content (AvgIpc) is 3.17. The molecule has 2 aromatic carbocycles. The summed E-state index contributed by atoms with van der Waals surface area (Å²) in [5.74, 6) is -11.0. The Morgan fingerprint density at radius 3 is 1.12 bits per heavy atom. The fourth-order valence-electron chi connectivity index (χ4n) is 8.19. The van der Waals surface area contributed by atoms with Crippen LogP contribution in [0.2, 0.25) is 0 Å². The van der Waals surface area contributed by atoms with Gasteiger partial charge in [0.15, 0.2) is 23.0 Å². The predicted octanol–water partition coefficient (Wildman–Crippen LogP) is 14.5. The lowest BCUT2D eigenvalue weighted by molar-refractivity contribution is -0.236. The molecule has 0 aromatic heterocycles. The van der Waals surface area contributed by atoms with Crippen LogP contribution in [0, 0.1) is 46.9 Å². The normalized spacial score (nSPS) is 21.7. The lowest BCUT2D eigenvalue weighted by atomic mass is 9.79. The highest BCUT2D eigenvalue weighted by Crippen LogP contribution is 2.46. The van der Waals surface area contributed by atoms with Gasteiger partial charge in [0.2, 0.25) is 28.9 Å². The molecular formula is C42H54F12O4. The summed E-state index contributed by atoms with van der Waals surface area (Å²) in [5, 5.41) is 0. The van der Waals surface area contributed by atoms with Gasteiger partial charge in [-0.25, -0.2) is 4.39 Å². The van der Waals surface area contributed by atoms with Crippen LogP contribution in [0.5, 0.6) is 23.0 Å². The second-order valence-corrected chi connectivity index (χ2v) is 15.7. The van der Waals surface area contributed by atoms with Crippen LogP contribution in [0.4, 0.5) is 52.7 Å². The smallest absolute Gasteiger partial charge is 0.422 e. The molecule has 0 spiro atoms. The summed E-state index contributed by atoms with van der Waals surface area (Å²) < 4.78 is 192. The zero-order chi connectivity index (χ0) is 42.7. The summed E-state index contributed by atoms with van der Waals surface area (Å²) in [6.07, 6.45) is -9.27. The largest absolute Gasteiger partial charge is 0.491 e. The van der Waals surface area contributed by atoms with Gasteiger partial charge in [0.25, 0.3) is 0 Å². The van der Waals surface area contributed by atoms with Gasteiger partial charge in [-0.05, 0) is 127 Å². The van der Waals surface area contributed by atoms with Crippen LogP contribution in [0.1, 0.15) is 129 Å². The second kappa shape index (κ2) is 20.9. The number of alkyl halides is 8. The van der Waals surface area contributed by atoms with E-state index in [9.17, 15) is 48.3 Å². The minimum Gasteiger partial charge on any atom is -0.491 e. The fraction of sp³-hybridized carbons (Fsp3) is 0.714. The standard InChI is InChI=1S/C42H54F12O4/c1-3-55-31-21-23-33(37(45)35(31)43)57-40(48,49)29-17-13-27(14-18-29)11-7-5-9-25-39(47,42(52,53)54)26-10-6-8-12-28-15-19-30(20-16-28)41(50,51)58-34-24-22-32(56-4-2)36(44)38(34)46/h21-24,27-30H,3-20,25-26H2,1-2H3. The zero-order valence-corrected chi connectivity index (χ0v) is 32.9. The molecule has 0 amide bonds. The van der Waals surface area contributed by atoms with E-state index < -0.39 is 95.0 Å². The van der Waals surface area contributed by atoms with Crippen molar-refractivity contribution in [1.82, 2.24) is 0 Å². The molecule has 2 saturated carbocycles. The SMILES string of the molecule is CCOc1ccc(OC(F)(F)C2CCC(CCCCCC(F)(CCCCCC3CCC(C(F)(F)Oc4ccc(OCC)c(F)c4F)CC3)C(F)(F)F)CC2)c(F)c1F. The molecule has 0 radical (unpaired) electrons. The third-order valence-electron chi connectivity index (χ3n) is 11.6. The Bertz CT molecular complexity index is 1460. The van der Waals surface area contributed by atoms with Crippen molar-refractivity contribution in [2.75, 3.05) is 13.2 Å². The van der Waals surface area contributed by atoms with E-state index in [1.165, 1.54) is 0 Å². The molecule has 0 N–H and O–H groups in total. The first-order chi connectivity index (χ1) is 27.3. The lowest BCUT2D eigenvalue weighted by Crippen LogP contribution is -2.40. The molecule has 0 heterocycles. The van der Waals surface area contributed by atoms with E-state index in [0.717, 1.165) is 24.3 Å². The van der Waals surface area contributed by atoms with Crippen LogP contribution in [0.25, 0.3) is 0 Å². The number of benzene rings is 2. The lowest BCUT2D eigenvalue weighted by Gasteiger charge is -2.33. The van der Waals surface area contributed by atoms with Crippen molar-refractivity contribution in [3.8, 4) is 23.0 Å². The first-order valence-electron chi connectivity index (χ1n) is 20.4. The summed E-state index contributed by atoms with van der Waals surface area (Å²) in [7, 11) is 0. The van der Waals surface area contributed by atoms with Crippen LogP contribution in [-0.4, -0.2) is 37.3 Å². The molecule has 58 heavy (non-hydrogen) atoms. The van der Waals surface area contributed by atoms with Gasteiger partial charge in [-0.3, -0.25) is 0 Å². The van der Waals surface area contributed by atoms with Crippen LogP contribution in [0.3, 0.4) is 0 Å². The molecule has 4 nitrogen and oxygen atoms in total. The van der Waals surface area contributed by atoms with Gasteiger partial charge in [0.1, 0.15) is 0 Å². The van der Waals surface area contributed by atoms with E-state index >= 15 is 4.39 Å². The van der Waals surface area contributed by atoms with Crippen LogP contribution >= 0.6 is 0 Å². The molecule has 2 aliphatic rings. The van der Waals surface area contributed by atoms with Gasteiger partial charge >= 0.3 is 18.4 Å². The maximum atomic E-state index is 15.3. The Labute approximate surface area is 332 Å². The molecule has 330 valence electrons. The van der Waals surface area contributed by atoms with Crippen molar-refractivity contribution in [3.63, 3.8) is 0 Å². The third-order valence-corrected chi connectivity index (χ3v) is 11.6. The molecule has 2 aromatic rings. The number of ether oxygens (including phenoxy) is 4. The maximum absolute atomic E-state index is 15.3. The van der Waals surface area contributed by atoms with E-state index in [-0.39, 0.29) is 63.6 Å². The Morgan fingerprint density at radius 2 is 0.793 bits per heavy atom. The van der Waals surface area contributed by atoms with Gasteiger partial charge in [-0.2, -0.15) is 48.3 Å². The summed E-state index contributed by atoms with van der Waals surface area (Å²) in [5.41, 5.74) is -3.35. The zero-order valence-electron chi connectivity index (χ0n) is 32.9. The molecule has 0 saturated heterocycles. The highest BCUT2D eigenvalue weighted by Gasteiger charge is 2.54. The van der Waals surface area contributed by atoms with Gasteiger partial charge in [0.05, 0.1) is 25.0 Å². The van der Waals surface area contributed by atoms with Gasteiger partial charge < -0.3 is 18.9 Å². The van der Waals surface area contributed by atoms with Crippen LogP contribution < -0.4 is 18.9 Å². The van der Waals surface area contributed by atoms with Crippen molar-refractivity contribution in [3.05, 3.63) is 47.5 Å². The molecule has 16 heteroatoms. The highest BCUT2D eigenvalue weighted by molar-refractivity contribution is 5.36. The molecule has 2 aliphatic carbocycles. The second-order valence-electron chi connectivity index (χ2n) is 15.7. The number of hydrogen-bond acceptors (Lipinski definition) is 4. The van der Waals surface area contributed by atoms with Gasteiger partial charge in [-0.1, -0.05) is 38.5 Å². The predicted molar refractivity (Wildman–Crippen MR) is 193 cm³/mol. The van der Waals surface area contributed by atoms with Crippen molar-refractivity contribution < 1.29 is 71.6 Å². The molecule has 4 rings (SSSR count). The van der Waals surface area contributed by atoms with E-state index in [4.69, 9.17) is 9.47 Å². The minimum absolute atomic E-state index is 0.000765. The number of hydrogen-bond donors (Lipinski definition) is 0. The molecular weight excluding hydrogens is 796 g/mol. The van der Waals surface area contributed by atoms with Crippen LogP contribution in [0.15, 0.2) is 24.3 Å². The van der Waals surface area contributed by atoms with Crippen LogP contribution in [-0.2, 0) is 0 Å². The average molecular weight is 851 g/mol. The van der Waals surface area contributed by atoms with E-state index in [1.807, 2.05) is 0 Å². The van der Waals surface area contributed by atoms with Crippen molar-refractivity contribution in [2.45, 2.75) is 153 Å². The summed E-state index contributed by atoms with van der Waals surface area (Å²) in [6, 6.07) is 3.81. The molecule has 0 unspecified atom stereocenters. The van der Waals surface area contributed by atoms with Gasteiger partial charge in [-0.15, -0.1) is 0 Å². The minimum atomic E-state index is -5.05. The van der Waals surface area contributed by atoms with Gasteiger partial charge in [0, 0.05) is 0 Å². The van der Waals surface area contributed by atoms with E-state index in [2.05, 4.69) is 9.47 Å². The summed E-state index contributed by atoms with van der Waals surface area (Å²) in [6.45, 7) is 3.21. The topological polar surface area (TPSA) is 36.9 Å². The van der Waals surface area contributed by atoms with E-state index in [0.29, 0.717) is 64.2 Å². The Kier molecular flexibility index (Phi) is 17.1. The molecule has 0 atom stereocenters. The monoisotopic (exact) mass is 850 g/mol. The Balaban J connectivity index is 1.11. The van der Waals surface area contributed by atoms with Crippen molar-refractivity contribution in [2.24, 2.45) is 23.7 Å². The quantitative estimate of drug-likeness (QED) is 0.0874. The maximum Gasteiger partial charge on any atom is 0.422 e. The molecule has 2 fully saturated rings. The Hall–Kier alpha value is -3.20. The molecule has 0 bridgehead atoms. The third kappa shape index (κ3) is 12.7. The fourth-order valence-corrected chi connectivity index (χ4v) is 8.19. The van der Waals surface area contributed by atoms with Crippen molar-refractivity contribution >= 4 is 0 Å². The number of unbranched alkanes of at least 4 members (excludes halogenated alkanes) is 4. The summed E-state index contributed by atoms with van der Waals surface area (Å²) >= 11 is 0. The Morgan fingerprint density at radius 1 is 0.466 bits per heavy atom. The first-order valence-corrected chi connectivity index (χ1v) is 20.4.